The Morgan fingerprint density at radius 3 is 1.29 bits per heavy atom. The van der Waals surface area contributed by atoms with E-state index < -0.39 is 0 Å². The molecule has 0 aromatic carbocycles. The van der Waals surface area contributed by atoms with Gasteiger partial charge in [0.15, 0.2) is 0 Å². The summed E-state index contributed by atoms with van der Waals surface area (Å²) in [7, 11) is 8.37. The van der Waals surface area contributed by atoms with E-state index >= 15 is 0 Å². The number of hydrogen-bond acceptors (Lipinski definition) is 2. The Labute approximate surface area is 168 Å². The maximum absolute atomic E-state index is 10.6. The zero-order valence-corrected chi connectivity index (χ0v) is 18.6. The highest BCUT2D eigenvalue weighted by Crippen LogP contribution is 1.71. The summed E-state index contributed by atoms with van der Waals surface area (Å²) in [5.74, 6) is -0.169. The second-order valence-electron chi connectivity index (χ2n) is 5.61. The van der Waals surface area contributed by atoms with E-state index in [0.29, 0.717) is 0 Å². The van der Waals surface area contributed by atoms with Gasteiger partial charge in [-0.25, -0.2) is 0 Å². The maximum atomic E-state index is 10.6. The predicted octanol–water partition coefficient (Wildman–Crippen LogP) is -8.35. The van der Waals surface area contributed by atoms with Gasteiger partial charge in [-0.3, -0.25) is 9.59 Å². The van der Waals surface area contributed by atoms with Gasteiger partial charge in [-0.2, -0.15) is 0 Å². The fourth-order valence-corrected chi connectivity index (χ4v) is 1.45. The van der Waals surface area contributed by atoms with Crippen molar-refractivity contribution in [3.8, 4) is 0 Å². The Hall–Kier alpha value is -0.700. The van der Waals surface area contributed by atoms with E-state index in [2.05, 4.69) is 52.0 Å². The molecule has 0 bridgehead atoms. The van der Waals surface area contributed by atoms with Crippen molar-refractivity contribution in [2.24, 2.45) is 0 Å². The van der Waals surface area contributed by atoms with Crippen LogP contribution in [0, 0.1) is 0 Å². The van der Waals surface area contributed by atoms with Gasteiger partial charge in [0.2, 0.25) is 11.8 Å². The van der Waals surface area contributed by atoms with Gasteiger partial charge < -0.3 is 54.4 Å². The lowest BCUT2D eigenvalue weighted by atomic mass is 10.4. The molecular formula is C16H34Br2N4O2. The van der Waals surface area contributed by atoms with Crippen molar-refractivity contribution in [2.75, 3.05) is 54.4 Å². The number of quaternary nitrogens is 2. The molecule has 4 N–H and O–H groups in total. The number of rotatable bonds is 10. The first-order chi connectivity index (χ1) is 10.3. The lowest BCUT2D eigenvalue weighted by molar-refractivity contribution is -0.858. The van der Waals surface area contributed by atoms with Crippen molar-refractivity contribution < 1.29 is 53.4 Å². The summed E-state index contributed by atoms with van der Waals surface area (Å²) in [6.45, 7) is 10.4. The van der Waals surface area contributed by atoms with Crippen molar-refractivity contribution in [1.82, 2.24) is 10.6 Å². The summed E-state index contributed by atoms with van der Waals surface area (Å²) in [6.07, 6.45) is 4.62. The van der Waals surface area contributed by atoms with E-state index in [4.69, 9.17) is 0 Å². The smallest absolute Gasteiger partial charge is 0.243 e. The Morgan fingerprint density at radius 2 is 1.08 bits per heavy atom. The van der Waals surface area contributed by atoms with Gasteiger partial charge >= 0.3 is 0 Å². The Morgan fingerprint density at radius 1 is 0.792 bits per heavy atom. The molecule has 0 aliphatic carbocycles. The fourth-order valence-electron chi connectivity index (χ4n) is 1.45. The van der Waals surface area contributed by atoms with Crippen molar-refractivity contribution in [1.29, 1.82) is 0 Å². The van der Waals surface area contributed by atoms with E-state index in [1.165, 1.54) is 22.0 Å². The SMILES string of the molecule is C=CC(=O)NCCC[NH+](C)C.C=CC(=O)NCCC[NH+](C)C.[Br-].[Br-]. The minimum atomic E-state index is -0.0845. The molecule has 0 atom stereocenters. The van der Waals surface area contributed by atoms with Crippen molar-refractivity contribution in [3.05, 3.63) is 25.3 Å². The molecule has 2 amide bonds. The van der Waals surface area contributed by atoms with Crippen LogP contribution >= 0.6 is 0 Å². The first kappa shape index (κ1) is 31.1. The van der Waals surface area contributed by atoms with E-state index in [1.54, 1.807) is 0 Å². The molecule has 0 aliphatic heterocycles. The van der Waals surface area contributed by atoms with Crippen LogP contribution in [0.5, 0.6) is 0 Å². The predicted molar refractivity (Wildman–Crippen MR) is 91.0 cm³/mol. The van der Waals surface area contributed by atoms with Crippen LogP contribution in [-0.2, 0) is 9.59 Å². The fraction of sp³-hybridized carbons (Fsp3) is 0.625. The van der Waals surface area contributed by atoms with Gasteiger partial charge in [-0.1, -0.05) is 13.2 Å². The molecule has 6 nitrogen and oxygen atoms in total. The molecular weight excluding hydrogens is 440 g/mol. The average molecular weight is 474 g/mol. The lowest BCUT2D eigenvalue weighted by Gasteiger charge is -2.06. The highest BCUT2D eigenvalue weighted by atomic mass is 79.9. The summed E-state index contributed by atoms with van der Waals surface area (Å²) in [4.78, 5) is 24.0. The van der Waals surface area contributed by atoms with Crippen LogP contribution in [-0.4, -0.2) is 66.2 Å². The summed E-state index contributed by atoms with van der Waals surface area (Å²) >= 11 is 0. The molecule has 24 heavy (non-hydrogen) atoms. The molecule has 0 saturated heterocycles. The van der Waals surface area contributed by atoms with E-state index in [0.717, 1.165) is 39.0 Å². The number of carbonyl (C=O) groups excluding carboxylic acids is 2. The quantitative estimate of drug-likeness (QED) is 0.188. The number of hydrogen-bond donors (Lipinski definition) is 4. The van der Waals surface area contributed by atoms with Crippen LogP contribution in [0.3, 0.4) is 0 Å². The molecule has 0 radical (unpaired) electrons. The standard InChI is InChI=1S/2C8H16N2O.2BrH/c2*1-4-8(11)9-6-5-7-10(2)3;;/h2*4H,1,5-7H2,2-3H3,(H,9,11);2*1H. The van der Waals surface area contributed by atoms with Crippen LogP contribution in [0.15, 0.2) is 25.3 Å². The third-order valence-corrected chi connectivity index (χ3v) is 2.68. The maximum Gasteiger partial charge on any atom is 0.243 e. The number of amides is 2. The Balaban J connectivity index is -0.000000154. The molecule has 0 aromatic rings. The largest absolute Gasteiger partial charge is 1.00 e. The van der Waals surface area contributed by atoms with Gasteiger partial charge in [-0.05, 0) is 12.2 Å². The molecule has 0 aromatic heterocycles. The molecule has 144 valence electrons. The number of nitrogens with one attached hydrogen (secondary N) is 4. The molecule has 0 rings (SSSR count). The zero-order valence-electron chi connectivity index (χ0n) is 15.4. The second kappa shape index (κ2) is 22.3. The molecule has 0 fully saturated rings. The van der Waals surface area contributed by atoms with Crippen LogP contribution in [0.2, 0.25) is 0 Å². The molecule has 0 heterocycles. The highest BCUT2D eigenvalue weighted by molar-refractivity contribution is 5.87. The summed E-state index contributed by atoms with van der Waals surface area (Å²) in [6, 6.07) is 0. The van der Waals surface area contributed by atoms with Crippen molar-refractivity contribution in [2.45, 2.75) is 12.8 Å². The normalized spacial score (nSPS) is 8.92. The minimum Gasteiger partial charge on any atom is -1.00 e. The molecule has 0 spiro atoms. The van der Waals surface area contributed by atoms with E-state index in [9.17, 15) is 9.59 Å². The van der Waals surface area contributed by atoms with Crippen LogP contribution < -0.4 is 54.4 Å². The van der Waals surface area contributed by atoms with E-state index in [-0.39, 0.29) is 45.8 Å². The van der Waals surface area contributed by atoms with Crippen LogP contribution in [0.25, 0.3) is 0 Å². The highest BCUT2D eigenvalue weighted by Gasteiger charge is 1.95. The van der Waals surface area contributed by atoms with Gasteiger partial charge in [-0.15, -0.1) is 0 Å². The van der Waals surface area contributed by atoms with Gasteiger partial charge in [0.25, 0.3) is 0 Å². The first-order valence-electron chi connectivity index (χ1n) is 7.72. The third-order valence-electron chi connectivity index (χ3n) is 2.68. The summed E-state index contributed by atoms with van der Waals surface area (Å²) < 4.78 is 0. The van der Waals surface area contributed by atoms with Crippen molar-refractivity contribution in [3.63, 3.8) is 0 Å². The Kier molecular flexibility index (Phi) is 28.9. The van der Waals surface area contributed by atoms with E-state index in [1.807, 2.05) is 0 Å². The van der Waals surface area contributed by atoms with Crippen LogP contribution in [0.4, 0.5) is 0 Å². The average Bonchev–Trinajstić information content (AvgIpc) is 2.47. The minimum absolute atomic E-state index is 0. The monoisotopic (exact) mass is 472 g/mol. The summed E-state index contributed by atoms with van der Waals surface area (Å²) in [5, 5.41) is 5.43. The third kappa shape index (κ3) is 29.3. The van der Waals surface area contributed by atoms with Gasteiger partial charge in [0.1, 0.15) is 0 Å². The lowest BCUT2D eigenvalue weighted by Crippen LogP contribution is -3.05. The first-order valence-corrected chi connectivity index (χ1v) is 7.72. The van der Waals surface area contributed by atoms with Gasteiger partial charge in [0.05, 0.1) is 41.3 Å². The molecule has 0 aliphatic rings. The van der Waals surface area contributed by atoms with Crippen LogP contribution in [0.1, 0.15) is 12.8 Å². The number of carbonyl (C=O) groups is 2. The van der Waals surface area contributed by atoms with Gasteiger partial charge in [0, 0.05) is 25.9 Å². The molecule has 0 saturated carbocycles. The Bertz CT molecular complexity index is 306. The topological polar surface area (TPSA) is 67.1 Å². The molecule has 0 unspecified atom stereocenters. The second-order valence-corrected chi connectivity index (χ2v) is 5.61. The molecule has 8 heteroatoms. The zero-order chi connectivity index (χ0) is 17.4. The number of halogens is 2. The summed E-state index contributed by atoms with van der Waals surface area (Å²) in [5.41, 5.74) is 0. The van der Waals surface area contributed by atoms with Crippen molar-refractivity contribution >= 4 is 11.8 Å².